The second-order valence-electron chi connectivity index (χ2n) is 6.09. The number of amides is 2. The molecule has 0 fully saturated rings. The van der Waals surface area contributed by atoms with Crippen LogP contribution in [0.15, 0.2) is 48.5 Å². The van der Waals surface area contributed by atoms with Crippen molar-refractivity contribution in [2.24, 2.45) is 0 Å². The van der Waals surface area contributed by atoms with E-state index in [-0.39, 0.29) is 18.2 Å². The topological polar surface area (TPSA) is 40.6 Å². The van der Waals surface area contributed by atoms with Gasteiger partial charge in [-0.1, -0.05) is 41.9 Å². The third-order valence-corrected chi connectivity index (χ3v) is 4.30. The first kappa shape index (κ1) is 19.0. The molecule has 0 aliphatic rings. The fourth-order valence-corrected chi connectivity index (χ4v) is 2.94. The van der Waals surface area contributed by atoms with E-state index in [0.29, 0.717) is 18.1 Å². The van der Waals surface area contributed by atoms with Crippen molar-refractivity contribution in [3.63, 3.8) is 0 Å². The molecule has 0 spiro atoms. The number of hydrogen-bond acceptors (Lipinski definition) is 2. The van der Waals surface area contributed by atoms with Crippen molar-refractivity contribution < 1.29 is 9.59 Å². The molecule has 0 atom stereocenters. The Morgan fingerprint density at radius 1 is 1.08 bits per heavy atom. The van der Waals surface area contributed by atoms with Crippen LogP contribution in [0.25, 0.3) is 0 Å². The molecular formula is C20H23ClN2O2. The minimum atomic E-state index is -0.0936. The molecule has 132 valence electrons. The van der Waals surface area contributed by atoms with Crippen LogP contribution in [-0.2, 0) is 16.1 Å². The highest BCUT2D eigenvalue weighted by atomic mass is 35.5. The minimum absolute atomic E-state index is 0.00159. The predicted molar refractivity (Wildman–Crippen MR) is 102 cm³/mol. The van der Waals surface area contributed by atoms with Crippen molar-refractivity contribution in [3.8, 4) is 0 Å². The second-order valence-corrected chi connectivity index (χ2v) is 6.52. The van der Waals surface area contributed by atoms with Crippen LogP contribution < -0.4 is 4.90 Å². The molecule has 2 aromatic rings. The Labute approximate surface area is 154 Å². The van der Waals surface area contributed by atoms with Gasteiger partial charge in [-0.15, -0.1) is 0 Å². The molecule has 5 heteroatoms. The van der Waals surface area contributed by atoms with Gasteiger partial charge in [-0.25, -0.2) is 0 Å². The van der Waals surface area contributed by atoms with Gasteiger partial charge >= 0.3 is 0 Å². The molecular weight excluding hydrogens is 336 g/mol. The van der Waals surface area contributed by atoms with E-state index in [2.05, 4.69) is 0 Å². The van der Waals surface area contributed by atoms with E-state index in [4.69, 9.17) is 11.6 Å². The smallest absolute Gasteiger partial charge is 0.224 e. The van der Waals surface area contributed by atoms with Gasteiger partial charge in [-0.2, -0.15) is 0 Å². The van der Waals surface area contributed by atoms with Crippen molar-refractivity contribution in [2.75, 3.05) is 18.5 Å². The first-order chi connectivity index (χ1) is 11.9. The lowest BCUT2D eigenvalue weighted by atomic mass is 10.1. The average Bonchev–Trinajstić information content (AvgIpc) is 2.57. The van der Waals surface area contributed by atoms with Crippen LogP contribution in [0, 0.1) is 6.92 Å². The summed E-state index contributed by atoms with van der Waals surface area (Å²) in [5.41, 5.74) is 2.78. The fourth-order valence-electron chi connectivity index (χ4n) is 2.71. The molecule has 25 heavy (non-hydrogen) atoms. The number of hydrogen-bond donors (Lipinski definition) is 0. The molecule has 0 aliphatic heterocycles. The summed E-state index contributed by atoms with van der Waals surface area (Å²) in [6.07, 6.45) is 0.269. The molecule has 0 saturated heterocycles. The van der Waals surface area contributed by atoms with Crippen molar-refractivity contribution >= 4 is 29.1 Å². The zero-order chi connectivity index (χ0) is 18.4. The van der Waals surface area contributed by atoms with Crippen LogP contribution in [0.5, 0.6) is 0 Å². The molecule has 4 nitrogen and oxygen atoms in total. The number of carbonyl (C=O) groups is 2. The van der Waals surface area contributed by atoms with Crippen LogP contribution in [0.1, 0.15) is 24.5 Å². The maximum atomic E-state index is 12.4. The number of nitrogens with zero attached hydrogens (tertiary/aromatic N) is 2. The Hall–Kier alpha value is -2.33. The molecule has 0 aromatic heterocycles. The third-order valence-electron chi connectivity index (χ3n) is 4.07. The standard InChI is InChI=1S/C20H23ClN2O2/c1-15-13-18(21)9-10-19(15)23(16(2)24)12-11-20(25)22(3)14-17-7-5-4-6-8-17/h4-10,13H,11-12,14H2,1-3H3. The van der Waals surface area contributed by atoms with E-state index in [1.165, 1.54) is 6.92 Å². The van der Waals surface area contributed by atoms with Crippen molar-refractivity contribution in [2.45, 2.75) is 26.8 Å². The lowest BCUT2D eigenvalue weighted by Crippen LogP contribution is -2.34. The monoisotopic (exact) mass is 358 g/mol. The molecule has 2 aromatic carbocycles. The third kappa shape index (κ3) is 5.33. The molecule has 0 bridgehead atoms. The van der Waals surface area contributed by atoms with Crippen LogP contribution in [0.2, 0.25) is 5.02 Å². The highest BCUT2D eigenvalue weighted by Crippen LogP contribution is 2.24. The van der Waals surface area contributed by atoms with E-state index in [9.17, 15) is 9.59 Å². The Bertz CT molecular complexity index is 747. The van der Waals surface area contributed by atoms with Gasteiger partial charge < -0.3 is 9.80 Å². The Morgan fingerprint density at radius 3 is 2.36 bits per heavy atom. The molecule has 2 amide bonds. The molecule has 0 saturated carbocycles. The Balaban J connectivity index is 2.00. The summed E-state index contributed by atoms with van der Waals surface area (Å²) in [4.78, 5) is 27.7. The average molecular weight is 359 g/mol. The molecule has 0 aliphatic carbocycles. The van der Waals surface area contributed by atoms with Crippen molar-refractivity contribution in [1.29, 1.82) is 0 Å². The van der Waals surface area contributed by atoms with Crippen molar-refractivity contribution in [3.05, 3.63) is 64.7 Å². The molecule has 0 heterocycles. The number of aryl methyl sites for hydroxylation is 1. The van der Waals surface area contributed by atoms with Crippen molar-refractivity contribution in [1.82, 2.24) is 4.90 Å². The van der Waals surface area contributed by atoms with Crippen LogP contribution in [-0.4, -0.2) is 30.3 Å². The zero-order valence-corrected chi connectivity index (χ0v) is 15.6. The van der Waals surface area contributed by atoms with E-state index < -0.39 is 0 Å². The highest BCUT2D eigenvalue weighted by Gasteiger charge is 2.17. The minimum Gasteiger partial charge on any atom is -0.341 e. The van der Waals surface area contributed by atoms with Crippen LogP contribution >= 0.6 is 11.6 Å². The summed E-state index contributed by atoms with van der Waals surface area (Å²) in [6, 6.07) is 15.2. The summed E-state index contributed by atoms with van der Waals surface area (Å²) >= 11 is 5.98. The number of rotatable bonds is 6. The maximum absolute atomic E-state index is 12.4. The largest absolute Gasteiger partial charge is 0.341 e. The Kier molecular flexibility index (Phi) is 6.59. The normalized spacial score (nSPS) is 10.4. The summed E-state index contributed by atoms with van der Waals surface area (Å²) in [5, 5.41) is 0.628. The highest BCUT2D eigenvalue weighted by molar-refractivity contribution is 6.30. The van der Waals surface area contributed by atoms with Gasteiger partial charge in [0.2, 0.25) is 11.8 Å². The van der Waals surface area contributed by atoms with Gasteiger partial charge in [0.1, 0.15) is 0 Å². The van der Waals surface area contributed by atoms with E-state index in [1.54, 1.807) is 22.9 Å². The van der Waals surface area contributed by atoms with E-state index >= 15 is 0 Å². The van der Waals surface area contributed by atoms with Gasteiger partial charge in [-0.3, -0.25) is 9.59 Å². The molecule has 0 radical (unpaired) electrons. The quantitative estimate of drug-likeness (QED) is 0.781. The number of carbonyl (C=O) groups excluding carboxylic acids is 2. The summed E-state index contributed by atoms with van der Waals surface area (Å²) in [6.45, 7) is 4.31. The molecule has 2 rings (SSSR count). The second kappa shape index (κ2) is 8.67. The van der Waals surface area contributed by atoms with E-state index in [0.717, 1.165) is 16.8 Å². The first-order valence-corrected chi connectivity index (χ1v) is 8.58. The van der Waals surface area contributed by atoms with E-state index in [1.807, 2.05) is 49.4 Å². The van der Waals surface area contributed by atoms with Crippen LogP contribution in [0.3, 0.4) is 0 Å². The summed E-state index contributed by atoms with van der Waals surface area (Å²) < 4.78 is 0. The van der Waals surface area contributed by atoms with Gasteiger partial charge in [0.15, 0.2) is 0 Å². The maximum Gasteiger partial charge on any atom is 0.224 e. The first-order valence-electron chi connectivity index (χ1n) is 8.20. The lowest BCUT2D eigenvalue weighted by Gasteiger charge is -2.24. The lowest BCUT2D eigenvalue weighted by molar-refractivity contribution is -0.130. The van der Waals surface area contributed by atoms with Crippen LogP contribution in [0.4, 0.5) is 5.69 Å². The summed E-state index contributed by atoms with van der Waals surface area (Å²) in [5.74, 6) is -0.0920. The Morgan fingerprint density at radius 2 is 1.76 bits per heavy atom. The van der Waals surface area contributed by atoms with Gasteiger partial charge in [0.25, 0.3) is 0 Å². The van der Waals surface area contributed by atoms with Gasteiger partial charge in [-0.05, 0) is 36.2 Å². The summed E-state index contributed by atoms with van der Waals surface area (Å²) in [7, 11) is 1.78. The van der Waals surface area contributed by atoms with Gasteiger partial charge in [0, 0.05) is 44.2 Å². The number of halogens is 1. The molecule has 0 N–H and O–H groups in total. The zero-order valence-electron chi connectivity index (χ0n) is 14.8. The fraction of sp³-hybridized carbons (Fsp3) is 0.300. The van der Waals surface area contributed by atoms with Gasteiger partial charge in [0.05, 0.1) is 0 Å². The SMILES string of the molecule is CC(=O)N(CCC(=O)N(C)Cc1ccccc1)c1ccc(Cl)cc1C. The predicted octanol–water partition coefficient (Wildman–Crippen LogP) is 4.05. The number of benzene rings is 2. The number of anilines is 1. The molecule has 0 unspecified atom stereocenters.